The number of sulfonamides is 1. The first-order valence-electron chi connectivity index (χ1n) is 6.05. The van der Waals surface area contributed by atoms with Crippen LogP contribution in [0.25, 0.3) is 0 Å². The molecule has 0 aromatic heterocycles. The van der Waals surface area contributed by atoms with Gasteiger partial charge in [0.25, 0.3) is 0 Å². The summed E-state index contributed by atoms with van der Waals surface area (Å²) < 4.78 is 63.5. The van der Waals surface area contributed by atoms with Crippen LogP contribution in [0.3, 0.4) is 0 Å². The third-order valence-corrected chi connectivity index (χ3v) is 4.06. The summed E-state index contributed by atoms with van der Waals surface area (Å²) >= 11 is 0. The van der Waals surface area contributed by atoms with Gasteiger partial charge < -0.3 is 5.73 Å². The fourth-order valence-electron chi connectivity index (χ4n) is 1.55. The van der Waals surface area contributed by atoms with Crippen molar-refractivity contribution in [1.82, 2.24) is 4.72 Å². The van der Waals surface area contributed by atoms with Crippen LogP contribution < -0.4 is 10.5 Å². The van der Waals surface area contributed by atoms with E-state index in [0.717, 1.165) is 18.2 Å². The zero-order chi connectivity index (χ0) is 15.4. The van der Waals surface area contributed by atoms with E-state index < -0.39 is 26.7 Å². The highest BCUT2D eigenvalue weighted by Gasteiger charge is 2.31. The van der Waals surface area contributed by atoms with Crippen LogP contribution in [0.4, 0.5) is 13.2 Å². The number of rotatable bonds is 6. The lowest BCUT2D eigenvalue weighted by Crippen LogP contribution is -2.26. The molecule has 1 aromatic rings. The Morgan fingerprint density at radius 3 is 2.55 bits per heavy atom. The van der Waals surface area contributed by atoms with Crippen molar-refractivity contribution in [1.29, 1.82) is 0 Å². The third kappa shape index (κ3) is 5.10. The lowest BCUT2D eigenvalue weighted by Gasteiger charge is -2.10. The molecule has 1 aromatic carbocycles. The van der Waals surface area contributed by atoms with Crippen LogP contribution in [0.5, 0.6) is 0 Å². The molecule has 0 bridgehead atoms. The second-order valence-electron chi connectivity index (χ2n) is 4.54. The molecule has 3 N–H and O–H groups in total. The number of hydrogen-bond donors (Lipinski definition) is 2. The van der Waals surface area contributed by atoms with Crippen LogP contribution in [0.15, 0.2) is 29.2 Å². The Balaban J connectivity index is 2.78. The molecule has 8 heteroatoms. The molecule has 0 spiro atoms. The monoisotopic (exact) mass is 310 g/mol. The molecular formula is C12H17F3N2O2S. The molecule has 1 rings (SSSR count). The first-order chi connectivity index (χ1) is 9.13. The molecule has 1 atom stereocenters. The SMILES string of the molecule is CC(N)CCCNS(=O)(=O)c1cccc(C(F)(F)F)c1. The maximum atomic E-state index is 12.5. The van der Waals surface area contributed by atoms with E-state index in [4.69, 9.17) is 5.73 Å². The average molecular weight is 310 g/mol. The summed E-state index contributed by atoms with van der Waals surface area (Å²) in [6, 6.07) is 3.60. The van der Waals surface area contributed by atoms with E-state index in [0.29, 0.717) is 18.9 Å². The van der Waals surface area contributed by atoms with Gasteiger partial charge in [-0.2, -0.15) is 13.2 Å². The second kappa shape index (κ2) is 6.55. The van der Waals surface area contributed by atoms with Gasteiger partial charge in [0.1, 0.15) is 0 Å². The van der Waals surface area contributed by atoms with Gasteiger partial charge in [0.05, 0.1) is 10.5 Å². The molecule has 0 fully saturated rings. The molecule has 1 unspecified atom stereocenters. The van der Waals surface area contributed by atoms with E-state index in [1.165, 1.54) is 0 Å². The summed E-state index contributed by atoms with van der Waals surface area (Å²) in [6.07, 6.45) is -3.42. The number of halogens is 3. The Morgan fingerprint density at radius 1 is 1.35 bits per heavy atom. The van der Waals surface area contributed by atoms with E-state index in [-0.39, 0.29) is 12.6 Å². The number of alkyl halides is 3. The summed E-state index contributed by atoms with van der Waals surface area (Å²) in [5.41, 5.74) is 4.53. The van der Waals surface area contributed by atoms with Gasteiger partial charge in [-0.3, -0.25) is 0 Å². The first-order valence-corrected chi connectivity index (χ1v) is 7.54. The first kappa shape index (κ1) is 16.9. The van der Waals surface area contributed by atoms with Crippen molar-refractivity contribution in [2.24, 2.45) is 5.73 Å². The molecule has 0 aliphatic rings. The molecule has 0 radical (unpaired) electrons. The van der Waals surface area contributed by atoms with Gasteiger partial charge >= 0.3 is 6.18 Å². The van der Waals surface area contributed by atoms with Crippen molar-refractivity contribution < 1.29 is 21.6 Å². The summed E-state index contributed by atoms with van der Waals surface area (Å²) in [4.78, 5) is -0.395. The van der Waals surface area contributed by atoms with Crippen molar-refractivity contribution in [3.05, 3.63) is 29.8 Å². The van der Waals surface area contributed by atoms with Gasteiger partial charge in [-0.15, -0.1) is 0 Å². The largest absolute Gasteiger partial charge is 0.416 e. The molecule has 20 heavy (non-hydrogen) atoms. The topological polar surface area (TPSA) is 72.2 Å². The van der Waals surface area contributed by atoms with Crippen LogP contribution in [-0.4, -0.2) is 21.0 Å². The lowest BCUT2D eigenvalue weighted by atomic mass is 10.2. The minimum atomic E-state index is -4.57. The van der Waals surface area contributed by atoms with Crippen molar-refractivity contribution in [3.63, 3.8) is 0 Å². The zero-order valence-corrected chi connectivity index (χ0v) is 11.8. The van der Waals surface area contributed by atoms with Gasteiger partial charge in [-0.05, 0) is 38.0 Å². The van der Waals surface area contributed by atoms with Crippen molar-refractivity contribution in [2.75, 3.05) is 6.54 Å². The number of benzene rings is 1. The maximum absolute atomic E-state index is 12.5. The van der Waals surface area contributed by atoms with Crippen LogP contribution in [0, 0.1) is 0 Å². The minimum absolute atomic E-state index is 0.0481. The van der Waals surface area contributed by atoms with Crippen molar-refractivity contribution >= 4 is 10.0 Å². The third-order valence-electron chi connectivity index (χ3n) is 2.60. The summed E-state index contributed by atoms with van der Waals surface area (Å²) in [5, 5.41) is 0. The fourth-order valence-corrected chi connectivity index (χ4v) is 2.67. The predicted octanol–water partition coefficient (Wildman–Crippen LogP) is 2.11. The average Bonchev–Trinajstić information content (AvgIpc) is 2.34. The molecular weight excluding hydrogens is 293 g/mol. The lowest BCUT2D eigenvalue weighted by molar-refractivity contribution is -0.137. The Kier molecular flexibility index (Phi) is 5.55. The van der Waals surface area contributed by atoms with Crippen LogP contribution in [0.1, 0.15) is 25.3 Å². The maximum Gasteiger partial charge on any atom is 0.416 e. The van der Waals surface area contributed by atoms with Gasteiger partial charge in [-0.1, -0.05) is 6.07 Å². The molecule has 0 aliphatic heterocycles. The normalized spacial score (nSPS) is 14.2. The number of nitrogens with two attached hydrogens (primary N) is 1. The van der Waals surface area contributed by atoms with Gasteiger partial charge in [0, 0.05) is 12.6 Å². The van der Waals surface area contributed by atoms with Gasteiger partial charge in [0.2, 0.25) is 10.0 Å². The molecule has 0 aliphatic carbocycles. The number of hydrogen-bond acceptors (Lipinski definition) is 3. The number of nitrogens with one attached hydrogen (secondary N) is 1. The summed E-state index contributed by atoms with van der Waals surface area (Å²) in [5.74, 6) is 0. The zero-order valence-electron chi connectivity index (χ0n) is 10.9. The Hall–Kier alpha value is -1.12. The van der Waals surface area contributed by atoms with Gasteiger partial charge in [-0.25, -0.2) is 13.1 Å². The highest BCUT2D eigenvalue weighted by atomic mass is 32.2. The van der Waals surface area contributed by atoms with E-state index in [9.17, 15) is 21.6 Å². The fraction of sp³-hybridized carbons (Fsp3) is 0.500. The molecule has 114 valence electrons. The highest BCUT2D eigenvalue weighted by Crippen LogP contribution is 2.30. The minimum Gasteiger partial charge on any atom is -0.328 e. The summed E-state index contributed by atoms with van der Waals surface area (Å²) in [6.45, 7) is 1.93. The van der Waals surface area contributed by atoms with Crippen LogP contribution in [0.2, 0.25) is 0 Å². The molecule has 0 heterocycles. The van der Waals surface area contributed by atoms with Crippen LogP contribution in [-0.2, 0) is 16.2 Å². The molecule has 4 nitrogen and oxygen atoms in total. The Bertz CT molecular complexity index is 542. The van der Waals surface area contributed by atoms with Crippen molar-refractivity contribution in [2.45, 2.75) is 36.9 Å². The van der Waals surface area contributed by atoms with E-state index in [1.807, 2.05) is 0 Å². The van der Waals surface area contributed by atoms with Crippen LogP contribution >= 0.6 is 0 Å². The predicted molar refractivity (Wildman–Crippen MR) is 69.5 cm³/mol. The highest BCUT2D eigenvalue weighted by molar-refractivity contribution is 7.89. The van der Waals surface area contributed by atoms with Crippen molar-refractivity contribution in [3.8, 4) is 0 Å². The second-order valence-corrected chi connectivity index (χ2v) is 6.31. The molecule has 0 saturated carbocycles. The Morgan fingerprint density at radius 2 is 2.00 bits per heavy atom. The molecule has 0 saturated heterocycles. The quantitative estimate of drug-likeness (QED) is 0.791. The van der Waals surface area contributed by atoms with E-state index >= 15 is 0 Å². The molecule has 0 amide bonds. The van der Waals surface area contributed by atoms with E-state index in [2.05, 4.69) is 4.72 Å². The standard InChI is InChI=1S/C12H17F3N2O2S/c1-9(16)4-3-7-17-20(18,19)11-6-2-5-10(8-11)12(13,14)15/h2,5-6,8-9,17H,3-4,7,16H2,1H3. The smallest absolute Gasteiger partial charge is 0.328 e. The summed E-state index contributed by atoms with van der Waals surface area (Å²) in [7, 11) is -3.93. The van der Waals surface area contributed by atoms with Gasteiger partial charge in [0.15, 0.2) is 0 Å². The Labute approximate surface area is 116 Å². The van der Waals surface area contributed by atoms with E-state index in [1.54, 1.807) is 6.92 Å².